The maximum absolute atomic E-state index is 6.25. The molecule has 0 spiro atoms. The van der Waals surface area contributed by atoms with E-state index in [-0.39, 0.29) is 0 Å². The Morgan fingerprint density at radius 2 is 2.04 bits per heavy atom. The van der Waals surface area contributed by atoms with Crippen molar-refractivity contribution in [2.45, 2.75) is 19.8 Å². The summed E-state index contributed by atoms with van der Waals surface area (Å²) in [5, 5.41) is 7.15. The summed E-state index contributed by atoms with van der Waals surface area (Å²) in [6.45, 7) is 6.19. The normalized spacial score (nSPS) is 13.7. The highest BCUT2D eigenvalue weighted by Crippen LogP contribution is 2.38. The minimum Gasteiger partial charge on any atom is -0.486 e. The highest BCUT2D eigenvalue weighted by atomic mass is 35.5. The maximum Gasteiger partial charge on any atom is 0.190 e. The van der Waals surface area contributed by atoms with Gasteiger partial charge in [0.25, 0.3) is 0 Å². The molecule has 0 amide bonds. The second-order valence-electron chi connectivity index (χ2n) is 5.33. The van der Waals surface area contributed by atoms with Gasteiger partial charge < -0.3 is 24.8 Å². The second kappa shape index (κ2) is 10.3. The Labute approximate surface area is 148 Å². The smallest absolute Gasteiger partial charge is 0.190 e. The molecule has 0 saturated heterocycles. The van der Waals surface area contributed by atoms with E-state index in [1.165, 1.54) is 0 Å². The van der Waals surface area contributed by atoms with Gasteiger partial charge >= 0.3 is 0 Å². The third kappa shape index (κ3) is 5.76. The molecular formula is C17H26ClN3O3. The number of guanidine groups is 1. The van der Waals surface area contributed by atoms with Crippen LogP contribution in [-0.2, 0) is 11.2 Å². The molecule has 1 aromatic carbocycles. The molecule has 0 fully saturated rings. The lowest BCUT2D eigenvalue weighted by atomic mass is 10.1. The van der Waals surface area contributed by atoms with Crippen LogP contribution in [-0.4, -0.2) is 52.5 Å². The summed E-state index contributed by atoms with van der Waals surface area (Å²) >= 11 is 6.25. The molecule has 7 heteroatoms. The Morgan fingerprint density at radius 3 is 2.83 bits per heavy atom. The Bertz CT molecular complexity index is 552. The van der Waals surface area contributed by atoms with Crippen LogP contribution in [0, 0.1) is 0 Å². The number of ether oxygens (including phenoxy) is 3. The van der Waals surface area contributed by atoms with E-state index in [9.17, 15) is 0 Å². The molecule has 2 N–H and O–H groups in total. The Morgan fingerprint density at radius 1 is 1.25 bits per heavy atom. The average Bonchev–Trinajstić information content (AvgIpc) is 2.60. The monoisotopic (exact) mass is 355 g/mol. The van der Waals surface area contributed by atoms with Crippen molar-refractivity contribution in [2.24, 2.45) is 4.99 Å². The van der Waals surface area contributed by atoms with Crippen molar-refractivity contribution >= 4 is 17.6 Å². The molecule has 0 aliphatic carbocycles. The van der Waals surface area contributed by atoms with E-state index in [0.29, 0.717) is 24.0 Å². The first-order valence-electron chi connectivity index (χ1n) is 8.35. The standard InChI is InChI=1S/C17H26ClN3O3/c1-3-22-8-4-6-20-17(19-2)21-7-5-13-11-14(18)16-15(12-13)23-9-10-24-16/h11-12H,3-10H2,1-2H3,(H2,19,20,21). The quantitative estimate of drug-likeness (QED) is 0.425. The molecule has 1 aliphatic heterocycles. The first-order valence-corrected chi connectivity index (χ1v) is 8.72. The fourth-order valence-electron chi connectivity index (χ4n) is 2.38. The molecule has 1 aliphatic rings. The van der Waals surface area contributed by atoms with Crippen molar-refractivity contribution in [1.29, 1.82) is 0 Å². The van der Waals surface area contributed by atoms with E-state index < -0.39 is 0 Å². The van der Waals surface area contributed by atoms with Gasteiger partial charge in [0, 0.05) is 33.4 Å². The summed E-state index contributed by atoms with van der Waals surface area (Å²) in [6, 6.07) is 3.91. The molecule has 0 saturated carbocycles. The highest BCUT2D eigenvalue weighted by Gasteiger charge is 2.16. The zero-order valence-corrected chi connectivity index (χ0v) is 15.1. The van der Waals surface area contributed by atoms with Crippen LogP contribution in [0.4, 0.5) is 0 Å². The van der Waals surface area contributed by atoms with Gasteiger partial charge in [-0.3, -0.25) is 4.99 Å². The summed E-state index contributed by atoms with van der Waals surface area (Å²) < 4.78 is 16.4. The van der Waals surface area contributed by atoms with Gasteiger partial charge in [0.15, 0.2) is 17.5 Å². The van der Waals surface area contributed by atoms with Crippen molar-refractivity contribution in [3.8, 4) is 11.5 Å². The minimum atomic E-state index is 0.541. The highest BCUT2D eigenvalue weighted by molar-refractivity contribution is 6.32. The predicted molar refractivity (Wildman–Crippen MR) is 96.6 cm³/mol. The lowest BCUT2D eigenvalue weighted by Crippen LogP contribution is -2.39. The van der Waals surface area contributed by atoms with Gasteiger partial charge in [-0.1, -0.05) is 11.6 Å². The largest absolute Gasteiger partial charge is 0.486 e. The van der Waals surface area contributed by atoms with Gasteiger partial charge in [-0.2, -0.15) is 0 Å². The van der Waals surface area contributed by atoms with Crippen LogP contribution in [0.3, 0.4) is 0 Å². The van der Waals surface area contributed by atoms with Gasteiger partial charge in [-0.25, -0.2) is 0 Å². The molecule has 6 nitrogen and oxygen atoms in total. The molecule has 134 valence electrons. The number of rotatable bonds is 8. The topological polar surface area (TPSA) is 64.1 Å². The Kier molecular flexibility index (Phi) is 7.98. The molecule has 0 bridgehead atoms. The molecule has 0 unspecified atom stereocenters. The molecule has 24 heavy (non-hydrogen) atoms. The van der Waals surface area contributed by atoms with Gasteiger partial charge in [0.1, 0.15) is 13.2 Å². The van der Waals surface area contributed by atoms with Crippen LogP contribution in [0.1, 0.15) is 18.9 Å². The number of nitrogens with zero attached hydrogens (tertiary/aromatic N) is 1. The molecular weight excluding hydrogens is 330 g/mol. The molecule has 0 radical (unpaired) electrons. The number of hydrogen-bond acceptors (Lipinski definition) is 4. The van der Waals surface area contributed by atoms with Crippen molar-refractivity contribution in [3.63, 3.8) is 0 Å². The lowest BCUT2D eigenvalue weighted by molar-refractivity contribution is 0.145. The van der Waals surface area contributed by atoms with E-state index in [2.05, 4.69) is 15.6 Å². The maximum atomic E-state index is 6.25. The minimum absolute atomic E-state index is 0.541. The van der Waals surface area contributed by atoms with Crippen LogP contribution in [0.25, 0.3) is 0 Å². The summed E-state index contributed by atoms with van der Waals surface area (Å²) in [4.78, 5) is 4.21. The molecule has 0 atom stereocenters. The van der Waals surface area contributed by atoms with Crippen LogP contribution in [0.15, 0.2) is 17.1 Å². The first-order chi connectivity index (χ1) is 11.7. The van der Waals surface area contributed by atoms with Crippen molar-refractivity contribution in [2.75, 3.05) is 46.6 Å². The van der Waals surface area contributed by atoms with Crippen molar-refractivity contribution < 1.29 is 14.2 Å². The number of benzene rings is 1. The van der Waals surface area contributed by atoms with Crippen molar-refractivity contribution in [3.05, 3.63) is 22.7 Å². The van der Waals surface area contributed by atoms with Gasteiger partial charge in [0.2, 0.25) is 0 Å². The average molecular weight is 356 g/mol. The molecule has 1 heterocycles. The lowest BCUT2D eigenvalue weighted by Gasteiger charge is -2.20. The van der Waals surface area contributed by atoms with Gasteiger partial charge in [-0.05, 0) is 37.5 Å². The predicted octanol–water partition coefficient (Wildman–Crippen LogP) is 2.25. The number of nitrogens with one attached hydrogen (secondary N) is 2. The van der Waals surface area contributed by atoms with Crippen molar-refractivity contribution in [1.82, 2.24) is 10.6 Å². The van der Waals surface area contributed by atoms with Crippen LogP contribution in [0.2, 0.25) is 5.02 Å². The number of aliphatic imine (C=N–C) groups is 1. The molecule has 1 aromatic rings. The van der Waals surface area contributed by atoms with E-state index in [0.717, 1.165) is 56.4 Å². The van der Waals surface area contributed by atoms with E-state index >= 15 is 0 Å². The third-order valence-corrected chi connectivity index (χ3v) is 3.83. The Hall–Kier alpha value is -1.66. The van der Waals surface area contributed by atoms with Gasteiger partial charge in [0.05, 0.1) is 5.02 Å². The summed E-state index contributed by atoms with van der Waals surface area (Å²) in [5.74, 6) is 2.16. The van der Waals surface area contributed by atoms with E-state index in [1.807, 2.05) is 19.1 Å². The molecule has 2 rings (SSSR count). The molecule has 0 aromatic heterocycles. The first kappa shape index (κ1) is 18.7. The van der Waals surface area contributed by atoms with E-state index in [4.69, 9.17) is 25.8 Å². The summed E-state index contributed by atoms with van der Waals surface area (Å²) in [6.07, 6.45) is 1.77. The fourth-order valence-corrected chi connectivity index (χ4v) is 2.67. The fraction of sp³-hybridized carbons (Fsp3) is 0.588. The van der Waals surface area contributed by atoms with Crippen LogP contribution >= 0.6 is 11.6 Å². The number of fused-ring (bicyclic) bond motifs is 1. The third-order valence-electron chi connectivity index (χ3n) is 3.55. The zero-order valence-electron chi connectivity index (χ0n) is 14.4. The van der Waals surface area contributed by atoms with Crippen LogP contribution in [0.5, 0.6) is 11.5 Å². The SMILES string of the molecule is CCOCCCNC(=NC)NCCc1cc(Cl)c2c(c1)OCCO2. The second-order valence-corrected chi connectivity index (χ2v) is 5.74. The summed E-state index contributed by atoms with van der Waals surface area (Å²) in [5.41, 5.74) is 1.10. The van der Waals surface area contributed by atoms with Crippen LogP contribution < -0.4 is 20.1 Å². The zero-order chi connectivity index (χ0) is 17.2. The number of halogens is 1. The Balaban J connectivity index is 1.75. The van der Waals surface area contributed by atoms with E-state index in [1.54, 1.807) is 7.05 Å². The summed E-state index contributed by atoms with van der Waals surface area (Å²) in [7, 11) is 1.76. The number of hydrogen-bond donors (Lipinski definition) is 2. The van der Waals surface area contributed by atoms with Gasteiger partial charge in [-0.15, -0.1) is 0 Å².